The first-order chi connectivity index (χ1) is 37.3. The Hall–Kier alpha value is -7.62. The van der Waals surface area contributed by atoms with Crippen molar-refractivity contribution in [2.75, 3.05) is 83.1 Å². The molecular weight excluding hydrogens is 1060 g/mol. The number of anilines is 2. The lowest BCUT2D eigenvalue weighted by molar-refractivity contribution is -0.131. The van der Waals surface area contributed by atoms with Crippen LogP contribution in [0.15, 0.2) is 106 Å². The van der Waals surface area contributed by atoms with E-state index in [4.69, 9.17) is 39.8 Å². The van der Waals surface area contributed by atoms with E-state index in [1.165, 1.54) is 50.0 Å². The second kappa shape index (κ2) is 28.7. The van der Waals surface area contributed by atoms with E-state index in [1.54, 1.807) is 66.5 Å². The molecule has 1 unspecified atom stereocenters. The van der Waals surface area contributed by atoms with Gasteiger partial charge in [-0.15, -0.1) is 0 Å². The molecule has 1 fully saturated rings. The van der Waals surface area contributed by atoms with Crippen LogP contribution < -0.4 is 37.3 Å². The van der Waals surface area contributed by atoms with Gasteiger partial charge in [0.05, 0.1) is 54.3 Å². The van der Waals surface area contributed by atoms with Crippen LogP contribution in [0, 0.1) is 0 Å². The minimum absolute atomic E-state index is 0.0323. The molecule has 2 aliphatic heterocycles. The number of thiocarbonyl (C=S) groups is 1. The van der Waals surface area contributed by atoms with Crippen LogP contribution in [-0.2, 0) is 30.4 Å². The largest absolute Gasteiger partial charge is 0.508 e. The van der Waals surface area contributed by atoms with E-state index in [0.717, 1.165) is 37.1 Å². The number of phenolic OH excluding ortho intramolecular Hbond substituents is 1. The molecule has 19 nitrogen and oxygen atoms in total. The lowest BCUT2D eigenvalue weighted by Crippen LogP contribution is -2.45. The van der Waals surface area contributed by atoms with Gasteiger partial charge in [0.2, 0.25) is 29.5 Å². The first kappa shape index (κ1) is 59.6. The predicted molar refractivity (Wildman–Crippen MR) is 306 cm³/mol. The Morgan fingerprint density at radius 2 is 1.29 bits per heavy atom. The summed E-state index contributed by atoms with van der Waals surface area (Å²) < 4.78 is 5.88. The monoisotopic (exact) mass is 1120 g/mol. The fraction of sp³-hybridized carbons (Fsp3) is 0.321. The minimum atomic E-state index is -1.26. The highest BCUT2D eigenvalue weighted by atomic mass is 35.5. The van der Waals surface area contributed by atoms with Gasteiger partial charge in [0, 0.05) is 53.6 Å². The number of nitrogens with one attached hydrogen (secondary N) is 6. The average molecular weight is 1130 g/mol. The number of fused-ring (bicyclic) bond motifs is 2. The van der Waals surface area contributed by atoms with Crippen molar-refractivity contribution >= 4 is 98.4 Å². The molecule has 7 rings (SSSR count). The number of likely N-dealkylation sites (N-methyl/N-ethyl adjacent to an activating group) is 1. The summed E-state index contributed by atoms with van der Waals surface area (Å²) in [6, 6.07) is 25.0. The average Bonchev–Trinajstić information content (AvgIpc) is 4.10. The number of carboxylic acid groups (broad SMARTS) is 1. The first-order valence-corrected chi connectivity index (χ1v) is 26.5. The van der Waals surface area contributed by atoms with Gasteiger partial charge < -0.3 is 61.2 Å². The maximum Gasteiger partial charge on any atom is 0.336 e. The van der Waals surface area contributed by atoms with Crippen molar-refractivity contribution in [1.29, 1.82) is 0 Å². The molecule has 0 saturated carbocycles. The fourth-order valence-corrected chi connectivity index (χ4v) is 9.19. The van der Waals surface area contributed by atoms with Crippen molar-refractivity contribution in [1.82, 2.24) is 36.0 Å². The number of amides is 5. The van der Waals surface area contributed by atoms with Gasteiger partial charge in [0.15, 0.2) is 10.5 Å². The number of nitrogens with zero attached hydrogens (tertiary/aromatic N) is 3. The predicted octanol–water partition coefficient (Wildman–Crippen LogP) is 6.74. The standard InChI is InChI=1S/C50H48Cl2N8O10S.C6H15N/c1-59(47(67)19-28-4-15-38(51)39(52)18-28)40(27-60-16-2-3-17-60)29-5-7-30(8-6-29)57-46(66)26-55-44(64)24-53-43(63)23-54-45(65)25-56-50(71)58-31-9-12-34(37(20-31)49(68)69)48-35-13-10-32(61)21-41(35)70-42-22-33(62)11-14-36(42)48;1-4-7(5-2)6-3/h4-15,18,20-22,40,61H,2-3,16-17,19,23-27H2,1H3,(H,53,63)(H,54,65)(H,55,64)(H,57,66)(H,68,69)(H2,56,58,71);4-6H2,1-3H3. The third kappa shape index (κ3) is 16.9. The van der Waals surface area contributed by atoms with Crippen LogP contribution in [0.25, 0.3) is 33.4 Å². The van der Waals surface area contributed by atoms with Crippen molar-refractivity contribution in [2.45, 2.75) is 46.1 Å². The third-order valence-corrected chi connectivity index (χ3v) is 13.9. The molecule has 1 atom stereocenters. The quantitative estimate of drug-likeness (QED) is 0.0275. The van der Waals surface area contributed by atoms with Gasteiger partial charge in [-0.1, -0.05) is 68.2 Å². The molecule has 3 aliphatic rings. The third-order valence-electron chi connectivity index (χ3n) is 13.0. The van der Waals surface area contributed by atoms with Crippen LogP contribution in [0.4, 0.5) is 11.4 Å². The van der Waals surface area contributed by atoms with Crippen LogP contribution in [0.1, 0.15) is 61.1 Å². The Labute approximate surface area is 467 Å². The fourth-order valence-electron chi connectivity index (χ4n) is 8.67. The van der Waals surface area contributed by atoms with Gasteiger partial charge in [-0.2, -0.15) is 0 Å². The molecule has 22 heteroatoms. The number of carbonyl (C=O) groups is 6. The van der Waals surface area contributed by atoms with E-state index in [2.05, 4.69) is 62.5 Å². The molecule has 1 aliphatic carbocycles. The van der Waals surface area contributed by atoms with E-state index in [1.807, 2.05) is 12.1 Å². The number of hydrogen-bond donors (Lipinski definition) is 8. The van der Waals surface area contributed by atoms with E-state index in [0.29, 0.717) is 44.4 Å². The zero-order valence-corrected chi connectivity index (χ0v) is 46.0. The highest BCUT2D eigenvalue weighted by Crippen LogP contribution is 2.42. The molecule has 1 saturated heterocycles. The highest BCUT2D eigenvalue weighted by Gasteiger charge is 2.27. The molecule has 4 aromatic rings. The van der Waals surface area contributed by atoms with E-state index >= 15 is 0 Å². The molecule has 8 N–H and O–H groups in total. The smallest absolute Gasteiger partial charge is 0.336 e. The van der Waals surface area contributed by atoms with Crippen molar-refractivity contribution in [3.05, 3.63) is 134 Å². The van der Waals surface area contributed by atoms with Crippen LogP contribution in [0.5, 0.6) is 5.75 Å². The zero-order chi connectivity index (χ0) is 56.5. The van der Waals surface area contributed by atoms with E-state index < -0.39 is 42.7 Å². The van der Waals surface area contributed by atoms with Crippen molar-refractivity contribution in [2.24, 2.45) is 0 Å². The van der Waals surface area contributed by atoms with Gasteiger partial charge in [-0.25, -0.2) is 4.79 Å². The van der Waals surface area contributed by atoms with Gasteiger partial charge >= 0.3 is 5.97 Å². The lowest BCUT2D eigenvalue weighted by atomic mass is 9.90. The molecule has 4 aromatic carbocycles. The van der Waals surface area contributed by atoms with Crippen molar-refractivity contribution in [3.63, 3.8) is 0 Å². The summed E-state index contributed by atoms with van der Waals surface area (Å²) in [7, 11) is 1.77. The summed E-state index contributed by atoms with van der Waals surface area (Å²) >= 11 is 17.6. The summed E-state index contributed by atoms with van der Waals surface area (Å²) in [6.45, 7) is 11.0. The summed E-state index contributed by atoms with van der Waals surface area (Å²) in [5.41, 5.74) is 3.41. The van der Waals surface area contributed by atoms with E-state index in [9.17, 15) is 43.8 Å². The minimum Gasteiger partial charge on any atom is -0.508 e. The topological polar surface area (TPSA) is 255 Å². The van der Waals surface area contributed by atoms with Gasteiger partial charge in [0.25, 0.3) is 0 Å². The second-order valence-electron chi connectivity index (χ2n) is 18.3. The maximum absolute atomic E-state index is 13.5. The number of likely N-dealkylation sites (tertiary alicyclic amines) is 1. The molecule has 2 heterocycles. The highest BCUT2D eigenvalue weighted by molar-refractivity contribution is 7.80. The summed E-state index contributed by atoms with van der Waals surface area (Å²) in [6.07, 6.45) is 2.32. The van der Waals surface area contributed by atoms with Gasteiger partial charge in [-0.3, -0.25) is 28.8 Å². The molecule has 0 bridgehead atoms. The number of aromatic hydroxyl groups is 1. The van der Waals surface area contributed by atoms with Crippen molar-refractivity contribution < 1.29 is 43.4 Å². The molecule has 5 amide bonds. The Morgan fingerprint density at radius 3 is 1.90 bits per heavy atom. The number of phenols is 1. The Morgan fingerprint density at radius 1 is 0.692 bits per heavy atom. The number of rotatable bonds is 21. The SMILES string of the molecule is CCN(CC)CC.CN(C(=O)Cc1ccc(Cl)c(Cl)c1)C(CN1CCCC1)c1ccc(NC(=O)CNC(=O)CNC(=O)CNC(=O)CNC(=S)Nc2ccc(-c3c4ccc(=O)cc-4oc4cc(O)ccc34)c(C(=O)O)c2)cc1. The molecule has 412 valence electrons. The van der Waals surface area contributed by atoms with Crippen LogP contribution in [0.3, 0.4) is 0 Å². The number of halogens is 2. The van der Waals surface area contributed by atoms with Crippen LogP contribution in [0.2, 0.25) is 10.0 Å². The normalized spacial score (nSPS) is 12.5. The van der Waals surface area contributed by atoms with Gasteiger partial charge in [0.1, 0.15) is 17.1 Å². The maximum atomic E-state index is 13.5. The number of hydrogen-bond acceptors (Lipinski definition) is 12. The first-order valence-electron chi connectivity index (χ1n) is 25.3. The number of benzene rings is 5. The Kier molecular flexibility index (Phi) is 21.9. The summed E-state index contributed by atoms with van der Waals surface area (Å²) in [5, 5.41) is 37.0. The van der Waals surface area contributed by atoms with Crippen LogP contribution >= 0.6 is 35.4 Å². The lowest BCUT2D eigenvalue weighted by Gasteiger charge is -2.32. The molecule has 78 heavy (non-hydrogen) atoms. The number of carboxylic acids is 1. The number of aromatic carboxylic acids is 1. The summed E-state index contributed by atoms with van der Waals surface area (Å²) in [4.78, 5) is 94.7. The number of carbonyl (C=O) groups excluding carboxylic acids is 5. The molecular formula is C56H63Cl2N9O10S. The second-order valence-corrected chi connectivity index (χ2v) is 19.5. The van der Waals surface area contributed by atoms with E-state index in [-0.39, 0.29) is 70.3 Å². The molecule has 0 radical (unpaired) electrons. The van der Waals surface area contributed by atoms with Crippen molar-refractivity contribution in [3.8, 4) is 28.2 Å². The summed E-state index contributed by atoms with van der Waals surface area (Å²) in [5.74, 6) is -3.70. The molecule has 0 aromatic heterocycles. The van der Waals surface area contributed by atoms with Gasteiger partial charge in [-0.05, 0) is 135 Å². The van der Waals surface area contributed by atoms with Crippen LogP contribution in [-0.4, -0.2) is 138 Å². The Bertz CT molecular complexity index is 3160. The zero-order valence-electron chi connectivity index (χ0n) is 43.7. The Balaban J connectivity index is 0.00000131. The molecule has 0 spiro atoms.